The lowest BCUT2D eigenvalue weighted by atomic mass is 10.1. The van der Waals surface area contributed by atoms with Crippen LogP contribution < -0.4 is 0 Å². The zero-order valence-electron chi connectivity index (χ0n) is 9.89. The van der Waals surface area contributed by atoms with Crippen LogP contribution in [0.1, 0.15) is 26.6 Å². The van der Waals surface area contributed by atoms with E-state index >= 15 is 0 Å². The average Bonchev–Trinajstić information content (AvgIpc) is 2.56. The van der Waals surface area contributed by atoms with Gasteiger partial charge in [-0.15, -0.1) is 11.6 Å². The van der Waals surface area contributed by atoms with Crippen LogP contribution in [0.4, 0.5) is 4.39 Å². The maximum atomic E-state index is 13.6. The van der Waals surface area contributed by atoms with Crippen LogP contribution in [0, 0.1) is 5.82 Å². The molecule has 0 aliphatic rings. The molecule has 0 spiro atoms. The van der Waals surface area contributed by atoms with Gasteiger partial charge < -0.3 is 4.57 Å². The summed E-state index contributed by atoms with van der Waals surface area (Å²) in [5.41, 5.74) is 1.34. The molecule has 0 bridgehead atoms. The molecule has 2 nitrogen and oxygen atoms in total. The summed E-state index contributed by atoms with van der Waals surface area (Å²) in [6.07, 6.45) is 0. The Kier molecular flexibility index (Phi) is 3.21. The van der Waals surface area contributed by atoms with Gasteiger partial charge in [0.25, 0.3) is 0 Å². The van der Waals surface area contributed by atoms with Gasteiger partial charge in [-0.1, -0.05) is 0 Å². The van der Waals surface area contributed by atoms with Crippen LogP contribution in [0.15, 0.2) is 16.6 Å². The number of benzene rings is 1. The summed E-state index contributed by atoms with van der Waals surface area (Å²) in [6.45, 7) is 6.14. The molecule has 0 saturated heterocycles. The molecule has 0 unspecified atom stereocenters. The molecule has 0 fully saturated rings. The highest BCUT2D eigenvalue weighted by Crippen LogP contribution is 2.29. The SMILES string of the molecule is CC(C)(C)n1c(CCl)nc2cc(Br)c(F)cc21. The first kappa shape index (κ1) is 12.8. The second kappa shape index (κ2) is 4.25. The minimum atomic E-state index is -0.288. The predicted molar refractivity (Wildman–Crippen MR) is 71.9 cm³/mol. The molecular formula is C12H13BrClFN2. The fraction of sp³-hybridized carbons (Fsp3) is 0.417. The van der Waals surface area contributed by atoms with Crippen molar-refractivity contribution in [2.75, 3.05) is 0 Å². The fourth-order valence-corrected chi connectivity index (χ4v) is 2.47. The number of rotatable bonds is 1. The number of halogens is 3. The number of hydrogen-bond donors (Lipinski definition) is 0. The normalized spacial score (nSPS) is 12.4. The van der Waals surface area contributed by atoms with E-state index in [9.17, 15) is 4.39 Å². The summed E-state index contributed by atoms with van der Waals surface area (Å²) >= 11 is 9.07. The Morgan fingerprint density at radius 3 is 2.59 bits per heavy atom. The standard InChI is InChI=1S/C12H13BrClFN2/c1-12(2,3)17-10-5-8(15)7(13)4-9(10)16-11(17)6-14/h4-5H,6H2,1-3H3. The second-order valence-electron chi connectivity index (χ2n) is 4.92. The largest absolute Gasteiger partial charge is 0.321 e. The number of aromatic nitrogens is 2. The van der Waals surface area contributed by atoms with Crippen LogP contribution in [0.5, 0.6) is 0 Å². The summed E-state index contributed by atoms with van der Waals surface area (Å²) in [6, 6.07) is 3.18. The lowest BCUT2D eigenvalue weighted by Crippen LogP contribution is -2.23. The highest BCUT2D eigenvalue weighted by atomic mass is 79.9. The van der Waals surface area contributed by atoms with Crippen LogP contribution in [0.3, 0.4) is 0 Å². The van der Waals surface area contributed by atoms with E-state index in [1.54, 1.807) is 6.07 Å². The van der Waals surface area contributed by atoms with Gasteiger partial charge in [-0.05, 0) is 42.8 Å². The van der Waals surface area contributed by atoms with Crippen molar-refractivity contribution >= 4 is 38.6 Å². The van der Waals surface area contributed by atoms with Gasteiger partial charge >= 0.3 is 0 Å². The highest BCUT2D eigenvalue weighted by Gasteiger charge is 2.21. The molecule has 0 aliphatic heterocycles. The smallest absolute Gasteiger partial charge is 0.139 e. The molecule has 2 rings (SSSR count). The van der Waals surface area contributed by atoms with Gasteiger partial charge in [-0.3, -0.25) is 0 Å². The van der Waals surface area contributed by atoms with Gasteiger partial charge in [0.2, 0.25) is 0 Å². The van der Waals surface area contributed by atoms with Crippen LogP contribution in [-0.4, -0.2) is 9.55 Å². The van der Waals surface area contributed by atoms with Crippen LogP contribution in [0.2, 0.25) is 0 Å². The van der Waals surface area contributed by atoms with E-state index in [0.717, 1.165) is 16.9 Å². The third kappa shape index (κ3) is 2.20. The molecule has 2 aromatic rings. The molecule has 0 atom stereocenters. The molecule has 0 amide bonds. The molecule has 0 saturated carbocycles. The number of nitrogens with zero attached hydrogens (tertiary/aromatic N) is 2. The van der Waals surface area contributed by atoms with Crippen molar-refractivity contribution in [3.05, 3.63) is 28.2 Å². The van der Waals surface area contributed by atoms with E-state index < -0.39 is 0 Å². The third-order valence-corrected chi connectivity index (χ3v) is 3.40. The van der Waals surface area contributed by atoms with E-state index in [1.807, 2.05) is 25.3 Å². The monoisotopic (exact) mass is 318 g/mol. The van der Waals surface area contributed by atoms with Crippen molar-refractivity contribution < 1.29 is 4.39 Å². The van der Waals surface area contributed by atoms with Crippen molar-refractivity contribution in [1.82, 2.24) is 9.55 Å². The fourth-order valence-electron chi connectivity index (χ4n) is 1.96. The summed E-state index contributed by atoms with van der Waals surface area (Å²) < 4.78 is 16.0. The minimum absolute atomic E-state index is 0.181. The Labute approximate surface area is 113 Å². The molecule has 1 heterocycles. The van der Waals surface area contributed by atoms with Gasteiger partial charge in [0.05, 0.1) is 21.4 Å². The zero-order chi connectivity index (χ0) is 12.8. The Morgan fingerprint density at radius 1 is 1.41 bits per heavy atom. The molecular weight excluding hydrogens is 307 g/mol. The second-order valence-corrected chi connectivity index (χ2v) is 6.04. The first-order valence-electron chi connectivity index (χ1n) is 5.27. The summed E-state index contributed by atoms with van der Waals surface area (Å²) in [5, 5.41) is 0. The van der Waals surface area contributed by atoms with Gasteiger partial charge in [0.15, 0.2) is 0 Å². The Bertz CT molecular complexity index is 572. The molecule has 1 aromatic heterocycles. The van der Waals surface area contributed by atoms with Crippen molar-refractivity contribution in [2.45, 2.75) is 32.2 Å². The van der Waals surface area contributed by atoms with E-state index in [2.05, 4.69) is 20.9 Å². The zero-order valence-corrected chi connectivity index (χ0v) is 12.2. The maximum Gasteiger partial charge on any atom is 0.139 e. The molecule has 0 aliphatic carbocycles. The highest BCUT2D eigenvalue weighted by molar-refractivity contribution is 9.10. The van der Waals surface area contributed by atoms with Gasteiger partial charge in [0, 0.05) is 11.6 Å². The van der Waals surface area contributed by atoms with E-state index in [-0.39, 0.29) is 11.4 Å². The van der Waals surface area contributed by atoms with Crippen molar-refractivity contribution in [2.24, 2.45) is 0 Å². The van der Waals surface area contributed by atoms with Gasteiger partial charge in [-0.2, -0.15) is 0 Å². The lowest BCUT2D eigenvalue weighted by molar-refractivity contribution is 0.398. The lowest BCUT2D eigenvalue weighted by Gasteiger charge is -2.24. The Hall–Kier alpha value is -0.610. The van der Waals surface area contributed by atoms with Crippen molar-refractivity contribution in [3.8, 4) is 0 Å². The topological polar surface area (TPSA) is 17.8 Å². The van der Waals surface area contributed by atoms with Crippen LogP contribution >= 0.6 is 27.5 Å². The first-order chi connectivity index (χ1) is 7.84. The number of imidazole rings is 1. The number of hydrogen-bond acceptors (Lipinski definition) is 1. The quantitative estimate of drug-likeness (QED) is 0.711. The average molecular weight is 320 g/mol. The Balaban J connectivity index is 2.84. The minimum Gasteiger partial charge on any atom is -0.321 e. The summed E-state index contributed by atoms with van der Waals surface area (Å²) in [7, 11) is 0. The summed E-state index contributed by atoms with van der Waals surface area (Å²) in [4.78, 5) is 4.43. The summed E-state index contributed by atoms with van der Waals surface area (Å²) in [5.74, 6) is 0.779. The molecule has 0 N–H and O–H groups in total. The predicted octanol–water partition coefficient (Wildman–Crippen LogP) is 4.43. The molecule has 17 heavy (non-hydrogen) atoms. The van der Waals surface area contributed by atoms with Crippen molar-refractivity contribution in [1.29, 1.82) is 0 Å². The van der Waals surface area contributed by atoms with Gasteiger partial charge in [0.1, 0.15) is 11.6 Å². The molecule has 0 radical (unpaired) electrons. The molecule has 5 heteroatoms. The van der Waals surface area contributed by atoms with E-state index in [1.165, 1.54) is 6.07 Å². The number of fused-ring (bicyclic) bond motifs is 1. The molecule has 92 valence electrons. The van der Waals surface area contributed by atoms with Crippen LogP contribution in [-0.2, 0) is 11.4 Å². The molecule has 1 aromatic carbocycles. The van der Waals surface area contributed by atoms with Gasteiger partial charge in [-0.25, -0.2) is 9.37 Å². The number of alkyl halides is 1. The third-order valence-electron chi connectivity index (χ3n) is 2.56. The van der Waals surface area contributed by atoms with Crippen LogP contribution in [0.25, 0.3) is 11.0 Å². The van der Waals surface area contributed by atoms with Crippen molar-refractivity contribution in [3.63, 3.8) is 0 Å². The van der Waals surface area contributed by atoms with E-state index in [4.69, 9.17) is 11.6 Å². The first-order valence-corrected chi connectivity index (χ1v) is 6.60. The van der Waals surface area contributed by atoms with E-state index in [0.29, 0.717) is 10.4 Å². The Morgan fingerprint density at radius 2 is 2.06 bits per heavy atom. The maximum absolute atomic E-state index is 13.6.